The van der Waals surface area contributed by atoms with E-state index in [1.165, 1.54) is 11.2 Å². The number of nitrogens with two attached hydrogens (primary N) is 1. The normalized spacial score (nSPS) is 15.1. The number of nitrogen functional groups attached to an aromatic ring is 1. The Kier molecular flexibility index (Phi) is 4.96. The summed E-state index contributed by atoms with van der Waals surface area (Å²) in [7, 11) is 0. The molecule has 1 aliphatic rings. The highest BCUT2D eigenvalue weighted by atomic mass is 35.5. The molecule has 1 aliphatic heterocycles. The molecule has 0 saturated carbocycles. The number of anilines is 3. The average molecular weight is 403 g/mol. The van der Waals surface area contributed by atoms with Crippen molar-refractivity contribution in [3.8, 4) is 0 Å². The summed E-state index contributed by atoms with van der Waals surface area (Å²) in [5, 5.41) is 11.0. The van der Waals surface area contributed by atoms with Gasteiger partial charge in [-0.2, -0.15) is 13.2 Å². The summed E-state index contributed by atoms with van der Waals surface area (Å²) in [6.45, 7) is 1.21. The van der Waals surface area contributed by atoms with Gasteiger partial charge in [-0.05, 0) is 6.07 Å². The Balaban J connectivity index is 1.84. The van der Waals surface area contributed by atoms with Crippen LogP contribution >= 0.6 is 11.6 Å². The van der Waals surface area contributed by atoms with Crippen molar-refractivity contribution in [1.82, 2.24) is 9.97 Å². The summed E-state index contributed by atoms with van der Waals surface area (Å²) in [6, 6.07) is 2.76. The van der Waals surface area contributed by atoms with Crippen molar-refractivity contribution in [2.75, 3.05) is 41.7 Å². The number of alkyl halides is 3. The van der Waals surface area contributed by atoms with Crippen LogP contribution in [0.3, 0.4) is 0 Å². The Morgan fingerprint density at radius 3 is 2.37 bits per heavy atom. The quantitative estimate of drug-likeness (QED) is 0.622. The van der Waals surface area contributed by atoms with Gasteiger partial charge in [0, 0.05) is 44.0 Å². The Morgan fingerprint density at radius 1 is 1.15 bits per heavy atom. The number of halogens is 4. The SMILES string of the molecule is Nc1ncnc(N2CCN(c3ccc([N+](=O)[O-])cc3C(F)(F)F)CC2)c1Cl. The number of rotatable bonds is 3. The minimum atomic E-state index is -4.71. The zero-order chi connectivity index (χ0) is 19.8. The summed E-state index contributed by atoms with van der Waals surface area (Å²) < 4.78 is 40.1. The van der Waals surface area contributed by atoms with Crippen molar-refractivity contribution in [2.24, 2.45) is 0 Å². The van der Waals surface area contributed by atoms with E-state index in [9.17, 15) is 23.3 Å². The first-order chi connectivity index (χ1) is 12.7. The van der Waals surface area contributed by atoms with Gasteiger partial charge in [0.05, 0.1) is 10.5 Å². The van der Waals surface area contributed by atoms with Crippen LogP contribution in [0.15, 0.2) is 24.5 Å². The van der Waals surface area contributed by atoms with Crippen LogP contribution in [0.5, 0.6) is 0 Å². The molecular formula is C15H14ClF3N6O2. The maximum absolute atomic E-state index is 13.4. The van der Waals surface area contributed by atoms with E-state index in [1.807, 2.05) is 0 Å². The number of hydrogen-bond donors (Lipinski definition) is 1. The van der Waals surface area contributed by atoms with E-state index >= 15 is 0 Å². The second-order valence-corrected chi connectivity index (χ2v) is 6.20. The van der Waals surface area contributed by atoms with E-state index in [4.69, 9.17) is 17.3 Å². The number of nitro benzene ring substituents is 1. The molecule has 1 aromatic heterocycles. The first-order valence-electron chi connectivity index (χ1n) is 7.80. The van der Waals surface area contributed by atoms with Gasteiger partial charge in [-0.3, -0.25) is 10.1 Å². The smallest absolute Gasteiger partial charge is 0.382 e. The Labute approximate surface area is 156 Å². The molecule has 144 valence electrons. The first kappa shape index (κ1) is 19.0. The number of nitro groups is 1. The van der Waals surface area contributed by atoms with Gasteiger partial charge < -0.3 is 15.5 Å². The van der Waals surface area contributed by atoms with Crippen molar-refractivity contribution < 1.29 is 18.1 Å². The maximum Gasteiger partial charge on any atom is 0.418 e. The van der Waals surface area contributed by atoms with Crippen molar-refractivity contribution in [1.29, 1.82) is 0 Å². The van der Waals surface area contributed by atoms with E-state index in [2.05, 4.69) is 9.97 Å². The predicted molar refractivity (Wildman–Crippen MR) is 94.0 cm³/mol. The summed E-state index contributed by atoms with van der Waals surface area (Å²) in [6.07, 6.45) is -3.44. The molecule has 1 saturated heterocycles. The van der Waals surface area contributed by atoms with Crippen LogP contribution in [0.4, 0.5) is 36.2 Å². The Hall–Kier alpha value is -2.82. The van der Waals surface area contributed by atoms with E-state index in [1.54, 1.807) is 4.90 Å². The van der Waals surface area contributed by atoms with Crippen LogP contribution in [0, 0.1) is 10.1 Å². The summed E-state index contributed by atoms with van der Waals surface area (Å²) in [5.74, 6) is 0.544. The highest BCUT2D eigenvalue weighted by Crippen LogP contribution is 2.39. The van der Waals surface area contributed by atoms with E-state index < -0.39 is 22.4 Å². The maximum atomic E-state index is 13.4. The van der Waals surface area contributed by atoms with Gasteiger partial charge in [-0.1, -0.05) is 11.6 Å². The zero-order valence-corrected chi connectivity index (χ0v) is 14.5. The van der Waals surface area contributed by atoms with Crippen LogP contribution in [0.1, 0.15) is 5.56 Å². The molecule has 2 aromatic rings. The third-order valence-corrected chi connectivity index (χ3v) is 4.58. The third-order valence-electron chi connectivity index (χ3n) is 4.21. The minimum absolute atomic E-state index is 0.0963. The zero-order valence-electron chi connectivity index (χ0n) is 13.8. The number of hydrogen-bond acceptors (Lipinski definition) is 7. The van der Waals surface area contributed by atoms with Crippen molar-refractivity contribution >= 4 is 34.6 Å². The van der Waals surface area contributed by atoms with Gasteiger partial charge in [-0.15, -0.1) is 0 Å². The summed E-state index contributed by atoms with van der Waals surface area (Å²) in [5.41, 5.74) is 3.92. The second kappa shape index (κ2) is 7.06. The number of piperazine rings is 1. The number of non-ortho nitro benzene ring substituents is 1. The molecule has 1 fully saturated rings. The molecule has 12 heteroatoms. The number of aromatic nitrogens is 2. The molecular weight excluding hydrogens is 389 g/mol. The molecule has 27 heavy (non-hydrogen) atoms. The molecule has 0 amide bonds. The molecule has 0 spiro atoms. The fraction of sp³-hybridized carbons (Fsp3) is 0.333. The van der Waals surface area contributed by atoms with Gasteiger partial charge in [0.1, 0.15) is 17.2 Å². The fourth-order valence-corrected chi connectivity index (χ4v) is 3.11. The highest BCUT2D eigenvalue weighted by molar-refractivity contribution is 6.35. The molecule has 8 nitrogen and oxygen atoms in total. The lowest BCUT2D eigenvalue weighted by molar-refractivity contribution is -0.385. The van der Waals surface area contributed by atoms with E-state index in [0.717, 1.165) is 12.1 Å². The lowest BCUT2D eigenvalue weighted by atomic mass is 10.1. The molecule has 1 aromatic carbocycles. The molecule has 2 N–H and O–H groups in total. The highest BCUT2D eigenvalue weighted by Gasteiger charge is 2.37. The molecule has 0 bridgehead atoms. The van der Waals surface area contributed by atoms with Gasteiger partial charge >= 0.3 is 6.18 Å². The van der Waals surface area contributed by atoms with Crippen LogP contribution in [0.25, 0.3) is 0 Å². The van der Waals surface area contributed by atoms with Gasteiger partial charge in [0.15, 0.2) is 5.82 Å². The minimum Gasteiger partial charge on any atom is -0.382 e. The average Bonchev–Trinajstić information content (AvgIpc) is 2.63. The van der Waals surface area contributed by atoms with Crippen molar-refractivity contribution in [2.45, 2.75) is 6.18 Å². The van der Waals surface area contributed by atoms with Gasteiger partial charge in [-0.25, -0.2) is 9.97 Å². The predicted octanol–water partition coefficient (Wildman–Crippen LogP) is 2.97. The Morgan fingerprint density at radius 2 is 1.78 bits per heavy atom. The molecule has 0 unspecified atom stereocenters. The number of nitrogens with zero attached hydrogens (tertiary/aromatic N) is 5. The van der Waals surface area contributed by atoms with Gasteiger partial charge in [0.25, 0.3) is 5.69 Å². The lowest BCUT2D eigenvalue weighted by Crippen LogP contribution is -2.47. The largest absolute Gasteiger partial charge is 0.418 e. The molecule has 0 atom stereocenters. The monoisotopic (exact) mass is 402 g/mol. The topological polar surface area (TPSA) is 101 Å². The van der Waals surface area contributed by atoms with Crippen molar-refractivity contribution in [3.63, 3.8) is 0 Å². The fourth-order valence-electron chi connectivity index (χ4n) is 2.89. The van der Waals surface area contributed by atoms with Crippen molar-refractivity contribution in [3.05, 3.63) is 45.2 Å². The molecule has 2 heterocycles. The third kappa shape index (κ3) is 3.82. The van der Waals surface area contributed by atoms with Crippen LogP contribution in [-0.2, 0) is 6.18 Å². The second-order valence-electron chi connectivity index (χ2n) is 5.83. The van der Waals surface area contributed by atoms with E-state index in [-0.39, 0.29) is 29.6 Å². The van der Waals surface area contributed by atoms with Crippen LogP contribution in [0.2, 0.25) is 5.02 Å². The van der Waals surface area contributed by atoms with Crippen LogP contribution < -0.4 is 15.5 Å². The first-order valence-corrected chi connectivity index (χ1v) is 8.18. The van der Waals surface area contributed by atoms with Crippen LogP contribution in [-0.4, -0.2) is 41.1 Å². The van der Waals surface area contributed by atoms with E-state index in [0.29, 0.717) is 25.0 Å². The standard InChI is InChI=1S/C15H14ClF3N6O2/c16-12-13(20)21-8-22-14(12)24-5-3-23(4-6-24)11-2-1-9(25(26)27)7-10(11)15(17,18)19/h1-2,7-8H,3-6H2,(H2,20,21,22). The number of benzene rings is 1. The van der Waals surface area contributed by atoms with Gasteiger partial charge in [0.2, 0.25) is 0 Å². The summed E-state index contributed by atoms with van der Waals surface area (Å²) in [4.78, 5) is 21.1. The molecule has 0 radical (unpaired) electrons. The summed E-state index contributed by atoms with van der Waals surface area (Å²) >= 11 is 6.09. The lowest BCUT2D eigenvalue weighted by Gasteiger charge is -2.37. The Bertz CT molecular complexity index is 871. The molecule has 0 aliphatic carbocycles. The molecule has 3 rings (SSSR count).